The van der Waals surface area contributed by atoms with Crippen LogP contribution in [0.15, 0.2) is 96.0 Å². The molecule has 7 heteroatoms. The Morgan fingerprint density at radius 1 is 0.838 bits per heavy atom. The van der Waals surface area contributed by atoms with E-state index in [9.17, 15) is 18.4 Å². The van der Waals surface area contributed by atoms with E-state index in [-0.39, 0.29) is 36.4 Å². The van der Waals surface area contributed by atoms with Gasteiger partial charge in [0.25, 0.3) is 5.91 Å². The molecule has 4 aromatic rings. The Kier molecular flexibility index (Phi) is 6.60. The molecule has 4 aromatic carbocycles. The van der Waals surface area contributed by atoms with E-state index in [1.54, 1.807) is 54.3 Å². The first kappa shape index (κ1) is 24.1. The van der Waals surface area contributed by atoms with Crippen molar-refractivity contribution in [3.8, 4) is 0 Å². The molecule has 0 saturated heterocycles. The lowest BCUT2D eigenvalue weighted by Crippen LogP contribution is -2.26. The Balaban J connectivity index is 1.59. The molecule has 0 aromatic heterocycles. The summed E-state index contributed by atoms with van der Waals surface area (Å²) in [5.74, 6) is -1.17. The number of hydrogen-bond donors (Lipinski definition) is 1. The molecule has 0 spiro atoms. The lowest BCUT2D eigenvalue weighted by Gasteiger charge is -2.24. The van der Waals surface area contributed by atoms with Crippen LogP contribution >= 0.6 is 0 Å². The van der Waals surface area contributed by atoms with Gasteiger partial charge in [0.2, 0.25) is 5.91 Å². The SMILES string of the molecule is CCC(=O)N1c2ccc(C(=O)NCc3ccc(F)cc3)cc2N=C(c2ccc(F)cc2)c2ccccc21. The van der Waals surface area contributed by atoms with Gasteiger partial charge in [0.1, 0.15) is 11.6 Å². The number of aliphatic imine (C=N–C) groups is 1. The molecule has 37 heavy (non-hydrogen) atoms. The minimum atomic E-state index is -0.366. The normalized spacial score (nSPS) is 12.2. The van der Waals surface area contributed by atoms with Crippen molar-refractivity contribution in [2.75, 3.05) is 4.90 Å². The highest BCUT2D eigenvalue weighted by Crippen LogP contribution is 2.41. The summed E-state index contributed by atoms with van der Waals surface area (Å²) in [5.41, 5.74) is 4.72. The van der Waals surface area contributed by atoms with E-state index in [2.05, 4.69) is 5.32 Å². The monoisotopic (exact) mass is 495 g/mol. The van der Waals surface area contributed by atoms with E-state index < -0.39 is 0 Å². The predicted molar refractivity (Wildman–Crippen MR) is 140 cm³/mol. The average molecular weight is 496 g/mol. The second kappa shape index (κ2) is 10.1. The minimum absolute atomic E-state index is 0.127. The molecule has 0 saturated carbocycles. The van der Waals surface area contributed by atoms with Crippen molar-refractivity contribution in [3.63, 3.8) is 0 Å². The van der Waals surface area contributed by atoms with E-state index in [0.717, 1.165) is 11.1 Å². The van der Waals surface area contributed by atoms with E-state index in [1.165, 1.54) is 24.3 Å². The van der Waals surface area contributed by atoms with Gasteiger partial charge in [-0.2, -0.15) is 0 Å². The fraction of sp³-hybridized carbons (Fsp3) is 0.100. The third-order valence-electron chi connectivity index (χ3n) is 6.15. The lowest BCUT2D eigenvalue weighted by molar-refractivity contribution is -0.117. The molecule has 0 atom stereocenters. The Morgan fingerprint density at radius 2 is 1.51 bits per heavy atom. The lowest BCUT2D eigenvalue weighted by atomic mass is 10.00. The van der Waals surface area contributed by atoms with Crippen LogP contribution in [-0.4, -0.2) is 17.5 Å². The number of anilines is 2. The number of nitrogens with zero attached hydrogens (tertiary/aromatic N) is 2. The first-order chi connectivity index (χ1) is 17.9. The fourth-order valence-corrected chi connectivity index (χ4v) is 4.26. The van der Waals surface area contributed by atoms with Crippen LogP contribution in [0.25, 0.3) is 0 Å². The summed E-state index contributed by atoms with van der Waals surface area (Å²) in [4.78, 5) is 32.6. The number of hydrogen-bond acceptors (Lipinski definition) is 3. The van der Waals surface area contributed by atoms with Gasteiger partial charge in [0.15, 0.2) is 0 Å². The summed E-state index contributed by atoms with van der Waals surface area (Å²) >= 11 is 0. The van der Waals surface area contributed by atoms with Crippen molar-refractivity contribution in [2.24, 2.45) is 4.99 Å². The highest BCUT2D eigenvalue weighted by atomic mass is 19.1. The largest absolute Gasteiger partial charge is 0.348 e. The van der Waals surface area contributed by atoms with Gasteiger partial charge in [-0.3, -0.25) is 14.5 Å². The van der Waals surface area contributed by atoms with Crippen LogP contribution in [-0.2, 0) is 11.3 Å². The van der Waals surface area contributed by atoms with Gasteiger partial charge in [-0.05, 0) is 66.2 Å². The van der Waals surface area contributed by atoms with Crippen LogP contribution in [0.1, 0.15) is 40.4 Å². The molecule has 1 N–H and O–H groups in total. The predicted octanol–water partition coefficient (Wildman–Crippen LogP) is 6.45. The molecule has 0 aliphatic carbocycles. The van der Waals surface area contributed by atoms with Crippen LogP contribution < -0.4 is 10.2 Å². The third-order valence-corrected chi connectivity index (χ3v) is 6.15. The van der Waals surface area contributed by atoms with Crippen molar-refractivity contribution in [1.82, 2.24) is 5.32 Å². The van der Waals surface area contributed by atoms with E-state index >= 15 is 0 Å². The molecule has 0 fully saturated rings. The van der Waals surface area contributed by atoms with Gasteiger partial charge < -0.3 is 5.32 Å². The second-order valence-corrected chi connectivity index (χ2v) is 8.58. The molecule has 0 unspecified atom stereocenters. The summed E-state index contributed by atoms with van der Waals surface area (Å²) in [6.45, 7) is 2.01. The first-order valence-electron chi connectivity index (χ1n) is 11.9. The summed E-state index contributed by atoms with van der Waals surface area (Å²) in [5, 5.41) is 2.84. The van der Waals surface area contributed by atoms with Crippen molar-refractivity contribution >= 4 is 34.6 Å². The molecule has 1 aliphatic rings. The smallest absolute Gasteiger partial charge is 0.251 e. The Bertz CT molecular complexity index is 1510. The molecular weight excluding hydrogens is 472 g/mol. The van der Waals surface area contributed by atoms with Gasteiger partial charge in [0.05, 0.1) is 22.8 Å². The summed E-state index contributed by atoms with van der Waals surface area (Å²) in [6.07, 6.45) is 0.263. The minimum Gasteiger partial charge on any atom is -0.348 e. The van der Waals surface area contributed by atoms with Crippen LogP contribution in [0.5, 0.6) is 0 Å². The van der Waals surface area contributed by atoms with E-state index in [1.807, 2.05) is 24.3 Å². The summed E-state index contributed by atoms with van der Waals surface area (Å²) in [7, 11) is 0. The average Bonchev–Trinajstić information content (AvgIpc) is 3.07. The van der Waals surface area contributed by atoms with Crippen molar-refractivity contribution in [2.45, 2.75) is 19.9 Å². The van der Waals surface area contributed by atoms with Crippen LogP contribution in [0.4, 0.5) is 25.8 Å². The number of carbonyl (C=O) groups excluding carboxylic acids is 2. The molecular formula is C30H23F2N3O2. The van der Waals surface area contributed by atoms with Crippen LogP contribution in [0.2, 0.25) is 0 Å². The number of para-hydroxylation sites is 1. The van der Waals surface area contributed by atoms with Crippen molar-refractivity contribution < 1.29 is 18.4 Å². The Morgan fingerprint density at radius 3 is 2.22 bits per heavy atom. The Hall–Kier alpha value is -4.65. The number of carbonyl (C=O) groups is 2. The molecule has 5 rings (SSSR count). The van der Waals surface area contributed by atoms with Crippen LogP contribution in [0.3, 0.4) is 0 Å². The molecule has 1 aliphatic heterocycles. The third kappa shape index (κ3) is 4.89. The second-order valence-electron chi connectivity index (χ2n) is 8.58. The highest BCUT2D eigenvalue weighted by Gasteiger charge is 2.28. The molecule has 0 bridgehead atoms. The van der Waals surface area contributed by atoms with E-state index in [4.69, 9.17) is 4.99 Å². The molecule has 2 amide bonds. The first-order valence-corrected chi connectivity index (χ1v) is 11.9. The van der Waals surface area contributed by atoms with Gasteiger partial charge >= 0.3 is 0 Å². The van der Waals surface area contributed by atoms with Crippen molar-refractivity contribution in [1.29, 1.82) is 0 Å². The van der Waals surface area contributed by atoms with Crippen LogP contribution in [0, 0.1) is 11.6 Å². The standard InChI is InChI=1S/C30H23F2N3O2/c1-2-28(36)35-26-6-4-3-5-24(26)29(20-9-14-23(32)15-10-20)34-25-17-21(11-16-27(25)35)30(37)33-18-19-7-12-22(31)13-8-19/h3-17H,2,18H2,1H3,(H,33,37). The maximum Gasteiger partial charge on any atom is 0.251 e. The number of rotatable bonds is 5. The maximum atomic E-state index is 13.7. The number of halogens is 2. The molecule has 1 heterocycles. The highest BCUT2D eigenvalue weighted by molar-refractivity contribution is 6.21. The summed E-state index contributed by atoms with van der Waals surface area (Å²) in [6, 6.07) is 24.3. The zero-order valence-electron chi connectivity index (χ0n) is 20.0. The van der Waals surface area contributed by atoms with Crippen molar-refractivity contribution in [3.05, 3.63) is 125 Å². The molecule has 0 radical (unpaired) electrons. The number of nitrogens with one attached hydrogen (secondary N) is 1. The van der Waals surface area contributed by atoms with Gasteiger partial charge in [-0.15, -0.1) is 0 Å². The quantitative estimate of drug-likeness (QED) is 0.346. The van der Waals surface area contributed by atoms with Gasteiger partial charge in [-0.25, -0.2) is 13.8 Å². The fourth-order valence-electron chi connectivity index (χ4n) is 4.26. The van der Waals surface area contributed by atoms with E-state index in [0.29, 0.717) is 33.9 Å². The summed E-state index contributed by atoms with van der Waals surface area (Å²) < 4.78 is 26.9. The zero-order chi connectivity index (χ0) is 25.9. The molecule has 5 nitrogen and oxygen atoms in total. The number of amides is 2. The molecule has 184 valence electrons. The topological polar surface area (TPSA) is 61.8 Å². The maximum absolute atomic E-state index is 13.7. The number of fused-ring (bicyclic) bond motifs is 2. The van der Waals surface area contributed by atoms with Gasteiger partial charge in [-0.1, -0.05) is 37.3 Å². The van der Waals surface area contributed by atoms with Gasteiger partial charge in [0, 0.05) is 29.7 Å². The Labute approximate surface area is 213 Å². The zero-order valence-corrected chi connectivity index (χ0v) is 20.0. The number of benzene rings is 4.